The van der Waals surface area contributed by atoms with E-state index < -0.39 is 0 Å². The Hall–Kier alpha value is -1.98. The van der Waals surface area contributed by atoms with Crippen molar-refractivity contribution < 1.29 is 4.74 Å². The summed E-state index contributed by atoms with van der Waals surface area (Å²) in [6.45, 7) is 2.39. The standard InChI is InChI=1S/C17H16ClN3OS/c1-2-23-17-20-19-16(21(17)13-8-4-3-5-9-13)12-22-15-11-7-6-10-14(15)18/h3-11H,2,12H2,1H3. The average Bonchev–Trinajstić information content (AvgIpc) is 2.98. The van der Waals surface area contributed by atoms with Crippen molar-refractivity contribution in [2.24, 2.45) is 0 Å². The number of hydrogen-bond acceptors (Lipinski definition) is 4. The summed E-state index contributed by atoms with van der Waals surface area (Å²) < 4.78 is 7.83. The molecule has 118 valence electrons. The highest BCUT2D eigenvalue weighted by Crippen LogP contribution is 2.26. The van der Waals surface area contributed by atoms with Crippen LogP contribution in [0, 0.1) is 0 Å². The van der Waals surface area contributed by atoms with Gasteiger partial charge in [0.15, 0.2) is 11.0 Å². The van der Waals surface area contributed by atoms with E-state index in [4.69, 9.17) is 16.3 Å². The van der Waals surface area contributed by atoms with Crippen LogP contribution in [0.4, 0.5) is 0 Å². The molecule has 23 heavy (non-hydrogen) atoms. The van der Waals surface area contributed by atoms with Crippen molar-refractivity contribution >= 4 is 23.4 Å². The lowest BCUT2D eigenvalue weighted by molar-refractivity contribution is 0.293. The lowest BCUT2D eigenvalue weighted by atomic mass is 10.3. The van der Waals surface area contributed by atoms with Crippen molar-refractivity contribution in [1.29, 1.82) is 0 Å². The van der Waals surface area contributed by atoms with E-state index in [2.05, 4.69) is 17.1 Å². The molecule has 3 rings (SSSR count). The third-order valence-electron chi connectivity index (χ3n) is 3.18. The molecule has 0 bridgehead atoms. The van der Waals surface area contributed by atoms with E-state index in [1.54, 1.807) is 17.8 Å². The molecule has 1 heterocycles. The molecule has 2 aromatic carbocycles. The SMILES string of the molecule is CCSc1nnc(COc2ccccc2Cl)n1-c1ccccc1. The summed E-state index contributed by atoms with van der Waals surface area (Å²) >= 11 is 7.78. The summed E-state index contributed by atoms with van der Waals surface area (Å²) in [6, 6.07) is 17.4. The molecule has 0 radical (unpaired) electrons. The van der Waals surface area contributed by atoms with Gasteiger partial charge < -0.3 is 4.74 Å². The van der Waals surface area contributed by atoms with Crippen molar-refractivity contribution in [1.82, 2.24) is 14.8 Å². The second-order valence-electron chi connectivity index (χ2n) is 4.72. The first-order chi connectivity index (χ1) is 11.3. The number of nitrogens with zero attached hydrogens (tertiary/aromatic N) is 3. The smallest absolute Gasteiger partial charge is 0.195 e. The van der Waals surface area contributed by atoms with Gasteiger partial charge in [-0.2, -0.15) is 0 Å². The van der Waals surface area contributed by atoms with Gasteiger partial charge >= 0.3 is 0 Å². The van der Waals surface area contributed by atoms with Crippen LogP contribution in [-0.4, -0.2) is 20.5 Å². The Morgan fingerprint density at radius 2 is 1.78 bits per heavy atom. The van der Waals surface area contributed by atoms with Crippen LogP contribution in [0.25, 0.3) is 5.69 Å². The van der Waals surface area contributed by atoms with Crippen LogP contribution in [0.3, 0.4) is 0 Å². The molecule has 0 spiro atoms. The van der Waals surface area contributed by atoms with Gasteiger partial charge in [-0.1, -0.05) is 60.6 Å². The number of hydrogen-bond donors (Lipinski definition) is 0. The average molecular weight is 346 g/mol. The van der Waals surface area contributed by atoms with Gasteiger partial charge in [0.25, 0.3) is 0 Å². The predicted molar refractivity (Wildman–Crippen MR) is 93.5 cm³/mol. The number of ether oxygens (including phenoxy) is 1. The van der Waals surface area contributed by atoms with Crippen LogP contribution in [0.1, 0.15) is 12.7 Å². The Kier molecular flexibility index (Phi) is 5.20. The maximum atomic E-state index is 6.13. The Labute approximate surface area is 144 Å². The fourth-order valence-electron chi connectivity index (χ4n) is 2.16. The van der Waals surface area contributed by atoms with Crippen LogP contribution in [0.15, 0.2) is 59.8 Å². The highest BCUT2D eigenvalue weighted by Gasteiger charge is 2.14. The number of halogens is 1. The van der Waals surface area contributed by atoms with E-state index in [0.717, 1.165) is 22.4 Å². The summed E-state index contributed by atoms with van der Waals surface area (Å²) in [6.07, 6.45) is 0. The first kappa shape index (κ1) is 15.9. The highest BCUT2D eigenvalue weighted by atomic mass is 35.5. The Bertz CT molecular complexity index is 777. The minimum atomic E-state index is 0.301. The zero-order valence-corrected chi connectivity index (χ0v) is 14.2. The third kappa shape index (κ3) is 3.68. The molecule has 3 aromatic rings. The first-order valence-corrected chi connectivity index (χ1v) is 8.65. The summed E-state index contributed by atoms with van der Waals surface area (Å²) in [4.78, 5) is 0. The highest BCUT2D eigenvalue weighted by molar-refractivity contribution is 7.99. The molecular formula is C17H16ClN3OS. The molecule has 0 saturated heterocycles. The maximum Gasteiger partial charge on any atom is 0.195 e. The van der Waals surface area contributed by atoms with Crippen LogP contribution < -0.4 is 4.74 Å². The molecule has 0 aliphatic rings. The molecule has 0 fully saturated rings. The maximum absolute atomic E-state index is 6.13. The molecule has 1 aromatic heterocycles. The fraction of sp³-hybridized carbons (Fsp3) is 0.176. The van der Waals surface area contributed by atoms with E-state index in [-0.39, 0.29) is 0 Å². The van der Waals surface area contributed by atoms with E-state index in [1.165, 1.54) is 0 Å². The normalized spacial score (nSPS) is 10.7. The predicted octanol–water partition coefficient (Wildman–Crippen LogP) is 4.61. The monoisotopic (exact) mass is 345 g/mol. The molecule has 6 heteroatoms. The molecule has 0 amide bonds. The van der Waals surface area contributed by atoms with Crippen LogP contribution in [0.2, 0.25) is 5.02 Å². The topological polar surface area (TPSA) is 39.9 Å². The lowest BCUT2D eigenvalue weighted by Gasteiger charge is -2.11. The van der Waals surface area contributed by atoms with Crippen LogP contribution >= 0.6 is 23.4 Å². The van der Waals surface area contributed by atoms with Crippen molar-refractivity contribution in [3.05, 3.63) is 65.4 Å². The number of para-hydroxylation sites is 2. The minimum absolute atomic E-state index is 0.301. The van der Waals surface area contributed by atoms with Gasteiger partial charge in [0.1, 0.15) is 12.4 Å². The minimum Gasteiger partial charge on any atom is -0.484 e. The summed E-state index contributed by atoms with van der Waals surface area (Å²) in [7, 11) is 0. The van der Waals surface area contributed by atoms with Crippen molar-refractivity contribution in [3.63, 3.8) is 0 Å². The number of thioether (sulfide) groups is 1. The third-order valence-corrected chi connectivity index (χ3v) is 4.30. The number of benzene rings is 2. The van der Waals surface area contributed by atoms with E-state index in [0.29, 0.717) is 17.4 Å². The summed E-state index contributed by atoms with van der Waals surface area (Å²) in [5.41, 5.74) is 1.02. The summed E-state index contributed by atoms with van der Waals surface area (Å²) in [5, 5.41) is 10.0. The Morgan fingerprint density at radius 3 is 2.52 bits per heavy atom. The van der Waals surface area contributed by atoms with Gasteiger partial charge in [-0.15, -0.1) is 10.2 Å². The van der Waals surface area contributed by atoms with Crippen molar-refractivity contribution in [2.45, 2.75) is 18.7 Å². The molecule has 4 nitrogen and oxygen atoms in total. The van der Waals surface area contributed by atoms with Crippen molar-refractivity contribution in [3.8, 4) is 11.4 Å². The first-order valence-electron chi connectivity index (χ1n) is 7.29. The Morgan fingerprint density at radius 1 is 1.04 bits per heavy atom. The fourth-order valence-corrected chi connectivity index (χ4v) is 3.04. The second-order valence-corrected chi connectivity index (χ2v) is 6.36. The van der Waals surface area contributed by atoms with E-state index in [1.807, 2.05) is 53.1 Å². The van der Waals surface area contributed by atoms with Crippen LogP contribution in [-0.2, 0) is 6.61 Å². The van der Waals surface area contributed by atoms with Crippen molar-refractivity contribution in [2.75, 3.05) is 5.75 Å². The number of aromatic nitrogens is 3. The molecule has 0 saturated carbocycles. The molecule has 0 aliphatic carbocycles. The largest absolute Gasteiger partial charge is 0.484 e. The number of rotatable bonds is 6. The molecule has 0 atom stereocenters. The Balaban J connectivity index is 1.89. The molecule has 0 N–H and O–H groups in total. The van der Waals surface area contributed by atoms with Gasteiger partial charge in [0.05, 0.1) is 5.02 Å². The second kappa shape index (κ2) is 7.53. The summed E-state index contributed by atoms with van der Waals surface area (Å²) in [5.74, 6) is 2.31. The van der Waals surface area contributed by atoms with Gasteiger partial charge in [0, 0.05) is 5.69 Å². The molecule has 0 aliphatic heterocycles. The van der Waals surface area contributed by atoms with E-state index in [9.17, 15) is 0 Å². The zero-order chi connectivity index (χ0) is 16.1. The lowest BCUT2D eigenvalue weighted by Crippen LogP contribution is -2.06. The van der Waals surface area contributed by atoms with Gasteiger partial charge in [-0.05, 0) is 30.0 Å². The zero-order valence-electron chi connectivity index (χ0n) is 12.6. The molecule has 0 unspecified atom stereocenters. The van der Waals surface area contributed by atoms with Gasteiger partial charge in [-0.3, -0.25) is 4.57 Å². The van der Waals surface area contributed by atoms with E-state index >= 15 is 0 Å². The quantitative estimate of drug-likeness (QED) is 0.611. The molecular weight excluding hydrogens is 330 g/mol. The van der Waals surface area contributed by atoms with Gasteiger partial charge in [0.2, 0.25) is 0 Å². The van der Waals surface area contributed by atoms with Crippen LogP contribution in [0.5, 0.6) is 5.75 Å². The van der Waals surface area contributed by atoms with Gasteiger partial charge in [-0.25, -0.2) is 0 Å².